The van der Waals surface area contributed by atoms with E-state index in [0.717, 1.165) is 19.5 Å². The Kier molecular flexibility index (Phi) is 4.77. The van der Waals surface area contributed by atoms with Gasteiger partial charge in [-0.25, -0.2) is 9.80 Å². The van der Waals surface area contributed by atoms with Crippen LogP contribution in [0.25, 0.3) is 0 Å². The normalized spacial score (nSPS) is 23.5. The van der Waals surface area contributed by atoms with E-state index in [-0.39, 0.29) is 6.09 Å². The van der Waals surface area contributed by atoms with Gasteiger partial charge in [0.2, 0.25) is 0 Å². The van der Waals surface area contributed by atoms with Gasteiger partial charge in [-0.15, -0.1) is 0 Å². The van der Waals surface area contributed by atoms with Crippen molar-refractivity contribution < 1.29 is 9.53 Å². The van der Waals surface area contributed by atoms with E-state index >= 15 is 0 Å². The van der Waals surface area contributed by atoms with E-state index in [9.17, 15) is 4.79 Å². The number of rotatable bonds is 3. The number of hydrazine groups is 1. The van der Waals surface area contributed by atoms with E-state index in [1.165, 1.54) is 0 Å². The second-order valence-corrected chi connectivity index (χ2v) is 5.69. The van der Waals surface area contributed by atoms with Gasteiger partial charge in [-0.3, -0.25) is 5.43 Å². The Bertz CT molecular complexity index is 263. The van der Waals surface area contributed by atoms with Crippen LogP contribution >= 0.6 is 0 Å². The molecule has 0 saturated carbocycles. The van der Waals surface area contributed by atoms with Crippen LogP contribution in [0.5, 0.6) is 0 Å². The van der Waals surface area contributed by atoms with Gasteiger partial charge in [0, 0.05) is 19.1 Å². The molecule has 1 aliphatic rings. The molecule has 2 atom stereocenters. The van der Waals surface area contributed by atoms with E-state index in [1.54, 1.807) is 0 Å². The Morgan fingerprint density at radius 1 is 1.47 bits per heavy atom. The molecule has 1 amide bonds. The predicted octanol–water partition coefficient (Wildman–Crippen LogP) is 1.36. The lowest BCUT2D eigenvalue weighted by Crippen LogP contribution is -2.44. The Hall–Kier alpha value is -0.810. The molecule has 1 aliphatic heterocycles. The van der Waals surface area contributed by atoms with Gasteiger partial charge in [-0.1, -0.05) is 0 Å². The number of amides is 1. The third kappa shape index (κ3) is 4.91. The van der Waals surface area contributed by atoms with Gasteiger partial charge in [0.05, 0.1) is 0 Å². The lowest BCUT2D eigenvalue weighted by Gasteiger charge is -2.24. The summed E-state index contributed by atoms with van der Waals surface area (Å²) in [5.41, 5.74) is 2.35. The van der Waals surface area contributed by atoms with Crippen LogP contribution in [0.1, 0.15) is 34.1 Å². The molecule has 1 rings (SSSR count). The average Bonchev–Trinajstić information content (AvgIpc) is 2.62. The molecule has 100 valence electrons. The first-order valence-electron chi connectivity index (χ1n) is 6.23. The van der Waals surface area contributed by atoms with E-state index in [4.69, 9.17) is 4.74 Å². The van der Waals surface area contributed by atoms with Gasteiger partial charge in [0.25, 0.3) is 0 Å². The maximum Gasteiger partial charge on any atom is 0.422 e. The predicted molar refractivity (Wildman–Crippen MR) is 67.6 cm³/mol. The molecule has 1 fully saturated rings. The Morgan fingerprint density at radius 2 is 2.12 bits per heavy atom. The fraction of sp³-hybridized carbons (Fsp3) is 0.917. The van der Waals surface area contributed by atoms with Gasteiger partial charge in [0.1, 0.15) is 5.60 Å². The number of carbonyl (C=O) groups excluding carboxylic acids is 1. The van der Waals surface area contributed by atoms with E-state index in [1.807, 2.05) is 32.8 Å². The molecule has 5 nitrogen and oxygen atoms in total. The Labute approximate surface area is 104 Å². The standard InChI is InChI=1S/C12H25N3O2/c1-9(13-5)10-6-7-15(8-10)14-11(16)17-12(2,3)4/h9-10,13H,6-8H2,1-5H3,(H,14,16)/t9-,10+/m0/s1. The van der Waals surface area contributed by atoms with Gasteiger partial charge in [-0.05, 0) is 47.1 Å². The number of hydrogen-bond acceptors (Lipinski definition) is 4. The van der Waals surface area contributed by atoms with Gasteiger partial charge in [0.15, 0.2) is 0 Å². The van der Waals surface area contributed by atoms with Crippen LogP contribution in [0.15, 0.2) is 0 Å². The van der Waals surface area contributed by atoms with Crippen molar-refractivity contribution in [3.05, 3.63) is 0 Å². The molecule has 0 aliphatic carbocycles. The lowest BCUT2D eigenvalue weighted by molar-refractivity contribution is 0.0359. The minimum absolute atomic E-state index is 0.365. The van der Waals surface area contributed by atoms with E-state index in [2.05, 4.69) is 17.7 Å². The molecule has 0 bridgehead atoms. The van der Waals surface area contributed by atoms with Crippen LogP contribution < -0.4 is 10.7 Å². The monoisotopic (exact) mass is 243 g/mol. The third-order valence-corrected chi connectivity index (χ3v) is 3.04. The van der Waals surface area contributed by atoms with Crippen LogP contribution in [0, 0.1) is 5.92 Å². The SMILES string of the molecule is CN[C@@H](C)[C@@H]1CCN(NC(=O)OC(C)(C)C)C1. The highest BCUT2D eigenvalue weighted by molar-refractivity contribution is 5.67. The lowest BCUT2D eigenvalue weighted by atomic mass is 10.0. The summed E-state index contributed by atoms with van der Waals surface area (Å²) in [4.78, 5) is 11.6. The first kappa shape index (κ1) is 14.3. The molecular formula is C12H25N3O2. The van der Waals surface area contributed by atoms with Gasteiger partial charge >= 0.3 is 6.09 Å². The van der Waals surface area contributed by atoms with Crippen molar-refractivity contribution in [1.29, 1.82) is 0 Å². The van der Waals surface area contributed by atoms with Crippen LogP contribution in [-0.2, 0) is 4.74 Å². The van der Waals surface area contributed by atoms with Gasteiger partial charge in [-0.2, -0.15) is 0 Å². The molecule has 0 radical (unpaired) electrons. The molecule has 2 N–H and O–H groups in total. The highest BCUT2D eigenvalue weighted by atomic mass is 16.6. The van der Waals surface area contributed by atoms with Crippen LogP contribution in [0.3, 0.4) is 0 Å². The van der Waals surface area contributed by atoms with Crippen LogP contribution in [0.2, 0.25) is 0 Å². The summed E-state index contributed by atoms with van der Waals surface area (Å²) in [6, 6.07) is 0.473. The van der Waals surface area contributed by atoms with Gasteiger partial charge < -0.3 is 10.1 Å². The summed E-state index contributed by atoms with van der Waals surface area (Å²) in [7, 11) is 1.97. The summed E-state index contributed by atoms with van der Waals surface area (Å²) in [5, 5.41) is 5.19. The van der Waals surface area contributed by atoms with E-state index in [0.29, 0.717) is 12.0 Å². The zero-order valence-electron chi connectivity index (χ0n) is 11.5. The van der Waals surface area contributed by atoms with Crippen LogP contribution in [-0.4, -0.2) is 42.9 Å². The number of nitrogens with zero attached hydrogens (tertiary/aromatic N) is 1. The number of hydrogen-bond donors (Lipinski definition) is 2. The first-order chi connectivity index (χ1) is 7.81. The van der Waals surface area contributed by atoms with E-state index < -0.39 is 5.60 Å². The number of carbonyl (C=O) groups is 1. The average molecular weight is 243 g/mol. The molecule has 1 heterocycles. The molecule has 0 spiro atoms. The fourth-order valence-electron chi connectivity index (χ4n) is 1.96. The second kappa shape index (κ2) is 5.69. The summed E-state index contributed by atoms with van der Waals surface area (Å²) in [5.74, 6) is 0.579. The topological polar surface area (TPSA) is 53.6 Å². The fourth-order valence-corrected chi connectivity index (χ4v) is 1.96. The quantitative estimate of drug-likeness (QED) is 0.786. The number of ether oxygens (including phenoxy) is 1. The largest absolute Gasteiger partial charge is 0.443 e. The molecule has 5 heteroatoms. The van der Waals surface area contributed by atoms with Crippen molar-refractivity contribution in [2.75, 3.05) is 20.1 Å². The maximum atomic E-state index is 11.6. The summed E-state index contributed by atoms with van der Waals surface area (Å²) >= 11 is 0. The molecular weight excluding hydrogens is 218 g/mol. The van der Waals surface area contributed by atoms with Crippen molar-refractivity contribution in [3.8, 4) is 0 Å². The first-order valence-corrected chi connectivity index (χ1v) is 6.23. The third-order valence-electron chi connectivity index (χ3n) is 3.04. The zero-order chi connectivity index (χ0) is 13.1. The van der Waals surface area contributed by atoms with Crippen LogP contribution in [0.4, 0.5) is 4.79 Å². The highest BCUT2D eigenvalue weighted by Gasteiger charge is 2.28. The van der Waals surface area contributed by atoms with Crippen molar-refractivity contribution in [1.82, 2.24) is 15.8 Å². The van der Waals surface area contributed by atoms with Crippen molar-refractivity contribution in [2.45, 2.75) is 45.8 Å². The smallest absolute Gasteiger partial charge is 0.422 e. The minimum Gasteiger partial charge on any atom is -0.443 e. The molecule has 0 aromatic rings. The summed E-state index contributed by atoms with van der Waals surface area (Å²) in [6.45, 7) is 9.52. The molecule has 0 aromatic carbocycles. The molecule has 0 unspecified atom stereocenters. The Morgan fingerprint density at radius 3 is 2.65 bits per heavy atom. The zero-order valence-corrected chi connectivity index (χ0v) is 11.5. The summed E-state index contributed by atoms with van der Waals surface area (Å²) in [6.07, 6.45) is 0.730. The highest BCUT2D eigenvalue weighted by Crippen LogP contribution is 2.18. The maximum absolute atomic E-state index is 11.6. The Balaban J connectivity index is 2.33. The molecule has 17 heavy (non-hydrogen) atoms. The second-order valence-electron chi connectivity index (χ2n) is 5.69. The number of nitrogens with one attached hydrogen (secondary N) is 2. The van der Waals surface area contributed by atoms with Crippen molar-refractivity contribution >= 4 is 6.09 Å². The summed E-state index contributed by atoms with van der Waals surface area (Å²) < 4.78 is 5.21. The molecule has 1 saturated heterocycles. The van der Waals surface area contributed by atoms with Crippen molar-refractivity contribution in [3.63, 3.8) is 0 Å². The minimum atomic E-state index is -0.443. The molecule has 0 aromatic heterocycles. The van der Waals surface area contributed by atoms with Crippen molar-refractivity contribution in [2.24, 2.45) is 5.92 Å².